The molecule has 112 valence electrons. The number of hydrogen-bond acceptors (Lipinski definition) is 4. The van der Waals surface area contributed by atoms with Gasteiger partial charge in [-0.25, -0.2) is 13.8 Å². The summed E-state index contributed by atoms with van der Waals surface area (Å²) in [7, 11) is 0. The second-order valence-corrected chi connectivity index (χ2v) is 6.40. The lowest BCUT2D eigenvalue weighted by Crippen LogP contribution is -2.34. The van der Waals surface area contributed by atoms with E-state index in [-0.39, 0.29) is 23.4 Å². The summed E-state index contributed by atoms with van der Waals surface area (Å²) in [6.07, 6.45) is 3.32. The number of carbonyl (C=O) groups is 1. The molecule has 2 atom stereocenters. The first-order valence-electron chi connectivity index (χ1n) is 6.85. The maximum atomic E-state index is 13.6. The Labute approximate surface area is 124 Å². The van der Waals surface area contributed by atoms with Gasteiger partial charge in [-0.05, 0) is 25.3 Å². The Balaban J connectivity index is 1.78. The number of nitrogens with zero attached hydrogens (tertiary/aromatic N) is 1. The molecule has 0 radical (unpaired) electrons. The third-order valence-corrected chi connectivity index (χ3v) is 4.65. The van der Waals surface area contributed by atoms with Gasteiger partial charge < -0.3 is 11.1 Å². The van der Waals surface area contributed by atoms with Gasteiger partial charge >= 0.3 is 0 Å². The molecule has 7 heteroatoms. The van der Waals surface area contributed by atoms with Gasteiger partial charge in [-0.3, -0.25) is 4.79 Å². The van der Waals surface area contributed by atoms with E-state index in [1.54, 1.807) is 0 Å². The molecule has 2 aromatic rings. The SMILES string of the molecule is N[C@@H]1CCC[C@H](C(=O)Nc2nc3c(F)cc(F)cc3s2)C1. The molecule has 1 heterocycles. The minimum atomic E-state index is -0.721. The Morgan fingerprint density at radius 1 is 1.38 bits per heavy atom. The quantitative estimate of drug-likeness (QED) is 0.896. The fourth-order valence-electron chi connectivity index (χ4n) is 2.68. The number of anilines is 1. The van der Waals surface area contributed by atoms with E-state index in [0.717, 1.165) is 36.7 Å². The van der Waals surface area contributed by atoms with Gasteiger partial charge in [0.05, 0.1) is 4.70 Å². The van der Waals surface area contributed by atoms with Crippen molar-refractivity contribution in [3.05, 3.63) is 23.8 Å². The zero-order valence-corrected chi connectivity index (χ0v) is 12.1. The highest BCUT2D eigenvalue weighted by Crippen LogP contribution is 2.30. The molecule has 1 aromatic carbocycles. The van der Waals surface area contributed by atoms with Gasteiger partial charge in [0.2, 0.25) is 5.91 Å². The molecule has 1 aromatic heterocycles. The zero-order chi connectivity index (χ0) is 15.0. The highest BCUT2D eigenvalue weighted by Gasteiger charge is 2.26. The first-order chi connectivity index (χ1) is 10.0. The van der Waals surface area contributed by atoms with Crippen molar-refractivity contribution in [3.8, 4) is 0 Å². The van der Waals surface area contributed by atoms with Crippen molar-refractivity contribution in [2.45, 2.75) is 31.7 Å². The normalized spacial score (nSPS) is 22.4. The van der Waals surface area contributed by atoms with E-state index < -0.39 is 11.6 Å². The van der Waals surface area contributed by atoms with Crippen molar-refractivity contribution < 1.29 is 13.6 Å². The van der Waals surface area contributed by atoms with Gasteiger partial charge in [0, 0.05) is 18.0 Å². The van der Waals surface area contributed by atoms with Gasteiger partial charge in [0.15, 0.2) is 10.9 Å². The van der Waals surface area contributed by atoms with E-state index in [4.69, 9.17) is 5.73 Å². The molecular weight excluding hydrogens is 296 g/mol. The standard InChI is InChI=1S/C14H15F2N3OS/c15-8-5-10(16)12-11(6-8)21-14(18-12)19-13(20)7-2-1-3-9(17)4-7/h5-7,9H,1-4,17H2,(H,18,19,20)/t7-,9+/m0/s1. The van der Waals surface area contributed by atoms with Crippen LogP contribution in [0.1, 0.15) is 25.7 Å². The van der Waals surface area contributed by atoms with Crippen LogP contribution in [0, 0.1) is 17.6 Å². The van der Waals surface area contributed by atoms with E-state index in [2.05, 4.69) is 10.3 Å². The minimum Gasteiger partial charge on any atom is -0.328 e. The molecule has 4 nitrogen and oxygen atoms in total. The molecule has 0 spiro atoms. The number of carbonyl (C=O) groups excluding carboxylic acids is 1. The Morgan fingerprint density at radius 3 is 2.95 bits per heavy atom. The number of hydrogen-bond donors (Lipinski definition) is 2. The maximum Gasteiger partial charge on any atom is 0.229 e. The Bertz CT molecular complexity index is 688. The summed E-state index contributed by atoms with van der Waals surface area (Å²) >= 11 is 1.06. The van der Waals surface area contributed by atoms with Gasteiger partial charge in [0.1, 0.15) is 11.3 Å². The molecule has 0 bridgehead atoms. The molecule has 1 aliphatic carbocycles. The van der Waals surface area contributed by atoms with E-state index >= 15 is 0 Å². The maximum absolute atomic E-state index is 13.6. The van der Waals surface area contributed by atoms with Crippen LogP contribution in [0.15, 0.2) is 12.1 Å². The summed E-state index contributed by atoms with van der Waals surface area (Å²) in [6, 6.07) is 2.05. The van der Waals surface area contributed by atoms with Crippen LogP contribution in [0.4, 0.5) is 13.9 Å². The monoisotopic (exact) mass is 311 g/mol. The third-order valence-electron chi connectivity index (χ3n) is 3.73. The molecule has 0 unspecified atom stereocenters. The lowest BCUT2D eigenvalue weighted by Gasteiger charge is -2.25. The number of nitrogens with one attached hydrogen (secondary N) is 1. The van der Waals surface area contributed by atoms with Crippen LogP contribution in [0.3, 0.4) is 0 Å². The van der Waals surface area contributed by atoms with Crippen LogP contribution in [-0.4, -0.2) is 16.9 Å². The zero-order valence-electron chi connectivity index (χ0n) is 11.2. The molecule has 3 rings (SSSR count). The van der Waals surface area contributed by atoms with Crippen molar-refractivity contribution in [2.24, 2.45) is 11.7 Å². The van der Waals surface area contributed by atoms with Crippen LogP contribution in [0.25, 0.3) is 10.2 Å². The summed E-state index contributed by atoms with van der Waals surface area (Å²) in [5.41, 5.74) is 5.95. The number of rotatable bonds is 2. The fourth-order valence-corrected chi connectivity index (χ4v) is 3.59. The fraction of sp³-hybridized carbons (Fsp3) is 0.429. The van der Waals surface area contributed by atoms with E-state index in [9.17, 15) is 13.6 Å². The Hall–Kier alpha value is -1.60. The number of thiazole rings is 1. The van der Waals surface area contributed by atoms with Crippen molar-refractivity contribution in [3.63, 3.8) is 0 Å². The number of nitrogens with two attached hydrogens (primary N) is 1. The number of halogens is 2. The Morgan fingerprint density at radius 2 is 2.19 bits per heavy atom. The van der Waals surface area contributed by atoms with Gasteiger partial charge in [0.25, 0.3) is 0 Å². The van der Waals surface area contributed by atoms with Crippen LogP contribution in [0.2, 0.25) is 0 Å². The van der Waals surface area contributed by atoms with Crippen LogP contribution >= 0.6 is 11.3 Å². The van der Waals surface area contributed by atoms with Crippen molar-refractivity contribution >= 4 is 32.6 Å². The van der Waals surface area contributed by atoms with Crippen molar-refractivity contribution in [2.75, 3.05) is 5.32 Å². The third kappa shape index (κ3) is 3.03. The summed E-state index contributed by atoms with van der Waals surface area (Å²) in [5.74, 6) is -1.66. The summed E-state index contributed by atoms with van der Waals surface area (Å²) in [6.45, 7) is 0. The van der Waals surface area contributed by atoms with Crippen molar-refractivity contribution in [1.29, 1.82) is 0 Å². The van der Waals surface area contributed by atoms with Gasteiger partial charge in [-0.2, -0.15) is 0 Å². The van der Waals surface area contributed by atoms with Crippen LogP contribution in [0.5, 0.6) is 0 Å². The number of benzene rings is 1. The van der Waals surface area contributed by atoms with E-state index in [1.165, 1.54) is 6.07 Å². The summed E-state index contributed by atoms with van der Waals surface area (Å²) in [4.78, 5) is 16.2. The molecule has 1 saturated carbocycles. The molecule has 0 saturated heterocycles. The molecule has 21 heavy (non-hydrogen) atoms. The molecular formula is C14H15F2N3OS. The average molecular weight is 311 g/mol. The molecule has 1 aliphatic rings. The minimum absolute atomic E-state index is 0.0522. The van der Waals surface area contributed by atoms with Gasteiger partial charge in [-0.1, -0.05) is 17.8 Å². The lowest BCUT2D eigenvalue weighted by atomic mass is 9.86. The number of amides is 1. The second kappa shape index (κ2) is 5.65. The Kier molecular flexibility index (Phi) is 3.86. The first-order valence-corrected chi connectivity index (χ1v) is 7.66. The van der Waals surface area contributed by atoms with Gasteiger partial charge in [-0.15, -0.1) is 0 Å². The van der Waals surface area contributed by atoms with E-state index in [1.807, 2.05) is 0 Å². The predicted molar refractivity (Wildman–Crippen MR) is 78.1 cm³/mol. The van der Waals surface area contributed by atoms with Crippen LogP contribution < -0.4 is 11.1 Å². The second-order valence-electron chi connectivity index (χ2n) is 5.37. The molecule has 1 fully saturated rings. The smallest absolute Gasteiger partial charge is 0.229 e. The predicted octanol–water partition coefficient (Wildman–Crippen LogP) is 3.03. The largest absolute Gasteiger partial charge is 0.328 e. The van der Waals surface area contributed by atoms with E-state index in [0.29, 0.717) is 16.3 Å². The highest BCUT2D eigenvalue weighted by molar-refractivity contribution is 7.22. The molecule has 1 amide bonds. The van der Waals surface area contributed by atoms with Crippen molar-refractivity contribution in [1.82, 2.24) is 4.98 Å². The average Bonchev–Trinajstić information content (AvgIpc) is 2.81. The first kappa shape index (κ1) is 14.3. The summed E-state index contributed by atoms with van der Waals surface area (Å²) in [5, 5.41) is 2.98. The summed E-state index contributed by atoms with van der Waals surface area (Å²) < 4.78 is 27.1. The highest BCUT2D eigenvalue weighted by atomic mass is 32.1. The molecule has 0 aliphatic heterocycles. The van der Waals surface area contributed by atoms with Crippen LogP contribution in [-0.2, 0) is 4.79 Å². The number of aromatic nitrogens is 1. The molecule has 3 N–H and O–H groups in total. The lowest BCUT2D eigenvalue weighted by molar-refractivity contribution is -0.120. The topological polar surface area (TPSA) is 68.0 Å². The number of fused-ring (bicyclic) bond motifs is 1.